The number of rotatable bonds is 3. The molecular formula is C15H14FNOS. The molecule has 2 N–H and O–H groups in total. The molecule has 0 saturated heterocycles. The van der Waals surface area contributed by atoms with E-state index < -0.39 is 0 Å². The summed E-state index contributed by atoms with van der Waals surface area (Å²) in [6.45, 7) is 2.18. The number of halogens is 1. The molecule has 0 aliphatic carbocycles. The zero-order valence-corrected chi connectivity index (χ0v) is 11.4. The molecule has 2 rings (SSSR count). The maximum absolute atomic E-state index is 13.5. The summed E-state index contributed by atoms with van der Waals surface area (Å²) in [5.74, 6) is 6.85. The number of benzene rings is 1. The average Bonchev–Trinajstić information content (AvgIpc) is 2.79. The number of hydrogen-bond acceptors (Lipinski definition) is 3. The Bertz CT molecular complexity index is 625. The van der Waals surface area contributed by atoms with Gasteiger partial charge in [0, 0.05) is 16.2 Å². The van der Waals surface area contributed by atoms with E-state index in [9.17, 15) is 4.39 Å². The molecule has 0 bridgehead atoms. The van der Waals surface area contributed by atoms with Crippen LogP contribution in [0.2, 0.25) is 0 Å². The van der Waals surface area contributed by atoms with Crippen LogP contribution in [0.5, 0.6) is 0 Å². The molecule has 0 radical (unpaired) electrons. The zero-order chi connectivity index (χ0) is 13.7. The van der Waals surface area contributed by atoms with Crippen molar-refractivity contribution in [2.75, 3.05) is 6.54 Å². The molecule has 0 aliphatic heterocycles. The first-order valence-corrected chi connectivity index (χ1v) is 6.83. The van der Waals surface area contributed by atoms with Crippen molar-refractivity contribution in [1.82, 2.24) is 0 Å². The molecule has 0 unspecified atom stereocenters. The topological polar surface area (TPSA) is 39.2 Å². The second-order valence-corrected chi connectivity index (χ2v) is 5.00. The van der Waals surface area contributed by atoms with Crippen molar-refractivity contribution in [1.29, 1.82) is 0 Å². The Labute approximate surface area is 116 Å². The minimum absolute atomic E-state index is 0.273. The van der Waals surface area contributed by atoms with Gasteiger partial charge in [-0.25, -0.2) is 4.39 Å². The predicted molar refractivity (Wildman–Crippen MR) is 75.3 cm³/mol. The Hall–Kier alpha value is -1.70. The van der Waals surface area contributed by atoms with Gasteiger partial charge in [-0.1, -0.05) is 11.8 Å². The Kier molecular flexibility index (Phi) is 4.67. The first kappa shape index (κ1) is 13.7. The quantitative estimate of drug-likeness (QED) is 0.690. The van der Waals surface area contributed by atoms with Crippen LogP contribution in [0.1, 0.15) is 16.9 Å². The highest BCUT2D eigenvalue weighted by Crippen LogP contribution is 2.27. The van der Waals surface area contributed by atoms with E-state index in [4.69, 9.17) is 10.2 Å². The minimum atomic E-state index is -0.275. The van der Waals surface area contributed by atoms with Crippen molar-refractivity contribution in [3.05, 3.63) is 53.2 Å². The molecule has 0 amide bonds. The number of thioether (sulfide) groups is 1. The van der Waals surface area contributed by atoms with E-state index in [2.05, 4.69) is 11.8 Å². The summed E-state index contributed by atoms with van der Waals surface area (Å²) in [6, 6.07) is 6.73. The SMILES string of the molecule is Cc1occc1SCc1cc(F)cc(C#CCN)c1. The van der Waals surface area contributed by atoms with Crippen LogP contribution in [0, 0.1) is 24.6 Å². The first-order chi connectivity index (χ1) is 9.19. The number of nitrogens with two attached hydrogens (primary N) is 1. The van der Waals surface area contributed by atoms with Gasteiger partial charge in [0.2, 0.25) is 0 Å². The van der Waals surface area contributed by atoms with E-state index in [1.807, 2.05) is 19.1 Å². The lowest BCUT2D eigenvalue weighted by Gasteiger charge is -2.02. The molecule has 1 heterocycles. The highest BCUT2D eigenvalue weighted by Gasteiger charge is 2.04. The second-order valence-electron chi connectivity index (χ2n) is 3.98. The van der Waals surface area contributed by atoms with Crippen LogP contribution >= 0.6 is 11.8 Å². The molecule has 1 aromatic carbocycles. The van der Waals surface area contributed by atoms with Crippen LogP contribution in [-0.2, 0) is 5.75 Å². The molecule has 0 fully saturated rings. The molecule has 4 heteroatoms. The van der Waals surface area contributed by atoms with Gasteiger partial charge in [-0.15, -0.1) is 11.8 Å². The smallest absolute Gasteiger partial charge is 0.124 e. The molecule has 2 aromatic rings. The summed E-state index contributed by atoms with van der Waals surface area (Å²) >= 11 is 1.61. The third kappa shape index (κ3) is 3.88. The minimum Gasteiger partial charge on any atom is -0.468 e. The lowest BCUT2D eigenvalue weighted by molar-refractivity contribution is 0.527. The van der Waals surface area contributed by atoms with Crippen LogP contribution in [0.3, 0.4) is 0 Å². The van der Waals surface area contributed by atoms with Crippen molar-refractivity contribution in [3.8, 4) is 11.8 Å². The van der Waals surface area contributed by atoms with E-state index in [0.717, 1.165) is 16.2 Å². The monoisotopic (exact) mass is 275 g/mol. The van der Waals surface area contributed by atoms with Crippen molar-refractivity contribution in [2.45, 2.75) is 17.6 Å². The normalized spacial score (nSPS) is 10.1. The summed E-state index contributed by atoms with van der Waals surface area (Å²) in [5.41, 5.74) is 6.86. The highest BCUT2D eigenvalue weighted by atomic mass is 32.2. The van der Waals surface area contributed by atoms with E-state index in [0.29, 0.717) is 11.3 Å². The summed E-state index contributed by atoms with van der Waals surface area (Å²) in [4.78, 5) is 1.07. The maximum atomic E-state index is 13.5. The lowest BCUT2D eigenvalue weighted by atomic mass is 10.1. The summed E-state index contributed by atoms with van der Waals surface area (Å²) < 4.78 is 18.7. The molecule has 98 valence electrons. The fourth-order valence-electron chi connectivity index (χ4n) is 1.64. The summed E-state index contributed by atoms with van der Waals surface area (Å²) in [5, 5.41) is 0. The van der Waals surface area contributed by atoms with Gasteiger partial charge in [-0.3, -0.25) is 0 Å². The fourth-order valence-corrected chi connectivity index (χ4v) is 2.54. The second kappa shape index (κ2) is 6.46. The first-order valence-electron chi connectivity index (χ1n) is 5.84. The van der Waals surface area contributed by atoms with Crippen molar-refractivity contribution in [2.24, 2.45) is 5.73 Å². The Morgan fingerprint density at radius 2 is 2.21 bits per heavy atom. The van der Waals surface area contributed by atoms with Gasteiger partial charge in [0.1, 0.15) is 11.6 Å². The molecule has 0 atom stereocenters. The van der Waals surface area contributed by atoms with Crippen LogP contribution in [-0.4, -0.2) is 6.54 Å². The van der Waals surface area contributed by atoms with Crippen molar-refractivity contribution < 1.29 is 8.81 Å². The highest BCUT2D eigenvalue weighted by molar-refractivity contribution is 7.98. The Balaban J connectivity index is 2.12. The van der Waals surface area contributed by atoms with Gasteiger partial charge >= 0.3 is 0 Å². The van der Waals surface area contributed by atoms with E-state index in [-0.39, 0.29) is 12.4 Å². The maximum Gasteiger partial charge on any atom is 0.124 e. The van der Waals surface area contributed by atoms with Crippen LogP contribution in [0.4, 0.5) is 4.39 Å². The van der Waals surface area contributed by atoms with Crippen LogP contribution < -0.4 is 5.73 Å². The number of aryl methyl sites for hydroxylation is 1. The van der Waals surface area contributed by atoms with Gasteiger partial charge in [-0.05, 0) is 36.8 Å². The Morgan fingerprint density at radius 3 is 2.89 bits per heavy atom. The average molecular weight is 275 g/mol. The molecule has 0 saturated carbocycles. The summed E-state index contributed by atoms with van der Waals surface area (Å²) in [6.07, 6.45) is 1.65. The molecule has 2 nitrogen and oxygen atoms in total. The Morgan fingerprint density at radius 1 is 1.37 bits per heavy atom. The molecule has 19 heavy (non-hydrogen) atoms. The van der Waals surface area contributed by atoms with E-state index in [1.165, 1.54) is 12.1 Å². The van der Waals surface area contributed by atoms with Crippen molar-refractivity contribution in [3.63, 3.8) is 0 Å². The summed E-state index contributed by atoms with van der Waals surface area (Å²) in [7, 11) is 0. The van der Waals surface area contributed by atoms with Gasteiger partial charge in [0.25, 0.3) is 0 Å². The van der Waals surface area contributed by atoms with E-state index >= 15 is 0 Å². The van der Waals surface area contributed by atoms with Crippen molar-refractivity contribution >= 4 is 11.8 Å². The largest absolute Gasteiger partial charge is 0.468 e. The van der Waals surface area contributed by atoms with Crippen LogP contribution in [0.15, 0.2) is 39.8 Å². The third-order valence-corrected chi connectivity index (χ3v) is 3.71. The predicted octanol–water partition coefficient (Wildman–Crippen LogP) is 3.33. The molecule has 0 spiro atoms. The van der Waals surface area contributed by atoms with Gasteiger partial charge in [0.15, 0.2) is 0 Å². The van der Waals surface area contributed by atoms with Gasteiger partial charge < -0.3 is 10.2 Å². The third-order valence-electron chi connectivity index (χ3n) is 2.50. The molecular weight excluding hydrogens is 261 g/mol. The molecule has 0 aliphatic rings. The zero-order valence-electron chi connectivity index (χ0n) is 10.6. The fraction of sp³-hybridized carbons (Fsp3) is 0.200. The van der Waals surface area contributed by atoms with E-state index in [1.54, 1.807) is 18.0 Å². The van der Waals surface area contributed by atoms with Gasteiger partial charge in [-0.2, -0.15) is 0 Å². The molecule has 1 aromatic heterocycles. The number of hydrogen-bond donors (Lipinski definition) is 1. The van der Waals surface area contributed by atoms with Crippen LogP contribution in [0.25, 0.3) is 0 Å². The number of furan rings is 1. The van der Waals surface area contributed by atoms with Gasteiger partial charge in [0.05, 0.1) is 12.8 Å². The lowest BCUT2D eigenvalue weighted by Crippen LogP contribution is -1.93. The standard InChI is InChI=1S/C15H14FNOS/c1-11-15(4-6-18-11)19-10-13-7-12(3-2-5-17)8-14(16)9-13/h4,6-9H,5,10,17H2,1H3.